The topological polar surface area (TPSA) is 253 Å². The van der Waals surface area contributed by atoms with Crippen molar-refractivity contribution < 1.29 is 55.9 Å². The number of ether oxygens (including phenoxy) is 4. The molecule has 22 heteroatoms. The Morgan fingerprint density at radius 3 is 2.06 bits per heavy atom. The number of pyridine rings is 1. The maximum Gasteiger partial charge on any atom is 0.413 e. The Bertz CT molecular complexity index is 2690. The van der Waals surface area contributed by atoms with Crippen molar-refractivity contribution >= 4 is 56.2 Å². The molecule has 1 fully saturated rings. The number of β-lactam (4-membered cyclic amide) rings is 1. The third-order valence-electron chi connectivity index (χ3n) is 9.31. The Labute approximate surface area is 385 Å². The second-order valence-electron chi connectivity index (χ2n) is 17.5. The van der Waals surface area contributed by atoms with Gasteiger partial charge >= 0.3 is 22.4 Å². The van der Waals surface area contributed by atoms with Crippen molar-refractivity contribution in [3.05, 3.63) is 101 Å². The van der Waals surface area contributed by atoms with Crippen LogP contribution in [0.2, 0.25) is 0 Å². The first-order chi connectivity index (χ1) is 31.0. The summed E-state index contributed by atoms with van der Waals surface area (Å²) in [5.41, 5.74) is -1.63. The fourth-order valence-corrected chi connectivity index (χ4v) is 7.80. The predicted molar refractivity (Wildman–Crippen MR) is 240 cm³/mol. The summed E-state index contributed by atoms with van der Waals surface area (Å²) in [4.78, 5) is 67.5. The minimum atomic E-state index is -5.11. The van der Waals surface area contributed by atoms with E-state index in [2.05, 4.69) is 30.8 Å². The maximum absolute atomic E-state index is 14.2. The number of amides is 2. The number of carbonyl (C=O) groups excluding carboxylic acids is 4. The van der Waals surface area contributed by atoms with E-state index in [4.69, 9.17) is 23.8 Å². The summed E-state index contributed by atoms with van der Waals surface area (Å²) < 4.78 is 59.6. The molecule has 4 heterocycles. The van der Waals surface area contributed by atoms with Crippen molar-refractivity contribution in [2.45, 2.75) is 104 Å². The number of thiazole rings is 1. The van der Waals surface area contributed by atoms with E-state index in [1.165, 1.54) is 36.3 Å². The monoisotopic (exact) mass is 946 g/mol. The van der Waals surface area contributed by atoms with Gasteiger partial charge in [-0.15, -0.1) is 16.4 Å². The highest BCUT2D eigenvalue weighted by molar-refractivity contribution is 7.84. The highest BCUT2D eigenvalue weighted by atomic mass is 32.2. The third-order valence-corrected chi connectivity index (χ3v) is 11.0. The Balaban J connectivity index is 1.24. The van der Waals surface area contributed by atoms with Gasteiger partial charge in [-0.05, 0) is 66.5 Å². The Kier molecular flexibility index (Phi) is 14.6. The number of benzene rings is 2. The summed E-state index contributed by atoms with van der Waals surface area (Å²) in [5.74, 6) is -3.36. The van der Waals surface area contributed by atoms with E-state index in [9.17, 15) is 32.1 Å². The number of nitrogens with zero attached hydrogens (tertiary/aromatic N) is 7. The van der Waals surface area contributed by atoms with Crippen LogP contribution in [-0.2, 0) is 58.8 Å². The molecule has 1 aliphatic heterocycles. The maximum atomic E-state index is 14.2. The molecule has 66 heavy (non-hydrogen) atoms. The van der Waals surface area contributed by atoms with E-state index >= 15 is 0 Å². The second kappa shape index (κ2) is 19.8. The number of hydrogen-bond acceptors (Lipinski definition) is 17. The molecule has 0 bridgehead atoms. The molecule has 2 N–H and O–H groups in total. The summed E-state index contributed by atoms with van der Waals surface area (Å²) in [6.45, 7) is 12.8. The van der Waals surface area contributed by atoms with Crippen molar-refractivity contribution in [1.29, 1.82) is 0 Å². The van der Waals surface area contributed by atoms with Crippen LogP contribution in [-0.4, -0.2) is 94.5 Å². The van der Waals surface area contributed by atoms with Crippen LogP contribution in [0.25, 0.3) is 11.4 Å². The lowest BCUT2D eigenvalue weighted by Gasteiger charge is -2.43. The van der Waals surface area contributed by atoms with E-state index < -0.39 is 75.0 Å². The van der Waals surface area contributed by atoms with Crippen LogP contribution < -0.4 is 14.8 Å². The number of anilines is 1. The van der Waals surface area contributed by atoms with Gasteiger partial charge in [0.25, 0.3) is 0 Å². The van der Waals surface area contributed by atoms with Crippen LogP contribution in [0.5, 0.6) is 11.5 Å². The molecule has 3 aromatic heterocycles. The Hall–Kier alpha value is -6.78. The largest absolute Gasteiger partial charge is 0.485 e. The van der Waals surface area contributed by atoms with Gasteiger partial charge in [0.15, 0.2) is 28.1 Å². The normalized spacial score (nSPS) is 15.7. The first-order valence-corrected chi connectivity index (χ1v) is 22.8. The van der Waals surface area contributed by atoms with E-state index in [0.29, 0.717) is 17.2 Å². The van der Waals surface area contributed by atoms with Crippen LogP contribution in [0.15, 0.2) is 89.7 Å². The number of Topliss-reactive ketones (excluding diaryl/α,β-unsaturated/α-hetero) is 1. The molecule has 0 radical (unpaired) electrons. The smallest absolute Gasteiger partial charge is 0.413 e. The second-order valence-corrected chi connectivity index (χ2v) is 19.7. The van der Waals surface area contributed by atoms with Gasteiger partial charge < -0.3 is 23.8 Å². The van der Waals surface area contributed by atoms with Crippen molar-refractivity contribution in [1.82, 2.24) is 29.3 Å². The van der Waals surface area contributed by atoms with Gasteiger partial charge in [0.05, 0.1) is 36.6 Å². The van der Waals surface area contributed by atoms with Gasteiger partial charge in [-0.1, -0.05) is 71.0 Å². The van der Waals surface area contributed by atoms with Gasteiger partial charge in [0.1, 0.15) is 35.8 Å². The molecule has 2 amide bonds. The van der Waals surface area contributed by atoms with E-state index in [1.54, 1.807) is 47.6 Å². The minimum absolute atomic E-state index is 0.0157. The van der Waals surface area contributed by atoms with E-state index in [-0.39, 0.29) is 40.6 Å². The van der Waals surface area contributed by atoms with Crippen LogP contribution in [0, 0.1) is 5.92 Å². The van der Waals surface area contributed by atoms with Gasteiger partial charge in [0, 0.05) is 17.9 Å². The molecule has 20 nitrogen and oxygen atoms in total. The van der Waals surface area contributed by atoms with Crippen LogP contribution in [0.3, 0.4) is 0 Å². The molecule has 0 spiro atoms. The van der Waals surface area contributed by atoms with Gasteiger partial charge in [-0.2, -0.15) is 8.42 Å². The zero-order valence-electron chi connectivity index (χ0n) is 37.5. The molecule has 350 valence electrons. The van der Waals surface area contributed by atoms with E-state index in [1.807, 2.05) is 60.7 Å². The lowest BCUT2D eigenvalue weighted by Crippen LogP contribution is -2.64. The third kappa shape index (κ3) is 12.9. The molecular weight excluding hydrogens is 897 g/mol. The lowest BCUT2D eigenvalue weighted by molar-refractivity contribution is -0.179. The number of carbonyl (C=O) groups is 4. The molecule has 2 atom stereocenters. The first-order valence-electron chi connectivity index (χ1n) is 20.5. The number of nitrogens with one attached hydrogen (secondary N) is 1. The van der Waals surface area contributed by atoms with Gasteiger partial charge in [-0.3, -0.25) is 24.4 Å². The Morgan fingerprint density at radius 1 is 0.864 bits per heavy atom. The molecule has 6 rings (SSSR count). The molecule has 0 unspecified atom stereocenters. The number of aromatic nitrogens is 5. The summed E-state index contributed by atoms with van der Waals surface area (Å²) >= 11 is 0.918. The number of hydrogen-bond donors (Lipinski definition) is 2. The van der Waals surface area contributed by atoms with Gasteiger partial charge in [0.2, 0.25) is 11.5 Å². The standard InChI is InChI=1S/C44H50N8O12S2/c1-42(2,3)62-39(55)44(7,8)64-49-37(32-26-65-40(46-32)47-41(56)63-43(4,5)6)34(53)19-29-33(52(38(29)54)66(57,58)59)23-51-22-31(48-50-51)30-20-35(60-24-27-15-11-9-12-16-27)36(21-45-30)61-25-28-17-13-10-14-18-28/h9-18,20-22,26,29,33H,19,23-25H2,1-8H3,(H,46,47,56)(H,57,58,59)/b49-37-/t29-,33+/m0/s1. The highest BCUT2D eigenvalue weighted by Crippen LogP contribution is 2.35. The average Bonchev–Trinajstić information content (AvgIpc) is 3.90. The van der Waals surface area contributed by atoms with Crippen molar-refractivity contribution in [2.24, 2.45) is 11.1 Å². The first kappa shape index (κ1) is 48.7. The predicted octanol–water partition coefficient (Wildman–Crippen LogP) is 6.43. The lowest BCUT2D eigenvalue weighted by atomic mass is 9.84. The van der Waals surface area contributed by atoms with E-state index in [0.717, 1.165) is 22.5 Å². The zero-order chi connectivity index (χ0) is 48.0. The number of rotatable bonds is 18. The number of ketones is 1. The summed E-state index contributed by atoms with van der Waals surface area (Å²) in [5, 5.41) is 16.2. The van der Waals surface area contributed by atoms with Gasteiger partial charge in [-0.25, -0.2) is 23.6 Å². The number of oxime groups is 1. The van der Waals surface area contributed by atoms with Crippen molar-refractivity contribution in [3.63, 3.8) is 0 Å². The van der Waals surface area contributed by atoms with Crippen molar-refractivity contribution in [2.75, 3.05) is 5.32 Å². The SMILES string of the molecule is CC(C)(C)OC(=O)Nc1nc(/C(=N/OC(C)(C)C(=O)OC(C)(C)C)C(=O)C[C@@H]2C(=O)N(S(=O)(=O)O)[C@@H]2Cn2cc(-c3cc(OCc4ccccc4)c(OCc4ccccc4)cn3)nn2)cs1. The molecule has 2 aromatic carbocycles. The molecule has 1 saturated heterocycles. The fourth-order valence-electron chi connectivity index (χ4n) is 6.20. The summed E-state index contributed by atoms with van der Waals surface area (Å²) in [6.07, 6.45) is 1.45. The quantitative estimate of drug-likeness (QED) is 0.0315. The Morgan fingerprint density at radius 2 is 1.47 bits per heavy atom. The highest BCUT2D eigenvalue weighted by Gasteiger charge is 2.54. The molecule has 5 aromatic rings. The average molecular weight is 947 g/mol. The fraction of sp³-hybridized carbons (Fsp3) is 0.386. The minimum Gasteiger partial charge on any atom is -0.485 e. The molecular formula is C44H50N8O12S2. The van der Waals surface area contributed by atoms with Crippen LogP contribution in [0.1, 0.15) is 78.6 Å². The number of esters is 1. The van der Waals surface area contributed by atoms with Crippen molar-refractivity contribution in [3.8, 4) is 22.9 Å². The van der Waals surface area contributed by atoms with Crippen LogP contribution in [0.4, 0.5) is 9.93 Å². The molecule has 0 saturated carbocycles. The summed E-state index contributed by atoms with van der Waals surface area (Å²) in [7, 11) is -5.11. The zero-order valence-corrected chi connectivity index (χ0v) is 39.1. The molecule has 1 aliphatic rings. The summed E-state index contributed by atoms with van der Waals surface area (Å²) in [6, 6.07) is 19.3. The van der Waals surface area contributed by atoms with Crippen LogP contribution >= 0.6 is 11.3 Å². The molecule has 0 aliphatic carbocycles.